The van der Waals surface area contributed by atoms with E-state index >= 15 is 0 Å². The van der Waals surface area contributed by atoms with E-state index in [-0.39, 0.29) is 24.2 Å². The zero-order chi connectivity index (χ0) is 20.4. The molecule has 2 N–H and O–H groups in total. The van der Waals surface area contributed by atoms with Crippen LogP contribution in [0.3, 0.4) is 0 Å². The topological polar surface area (TPSA) is 89.2 Å². The number of hydrogen-bond acceptors (Lipinski definition) is 4. The Morgan fingerprint density at radius 2 is 2.00 bits per heavy atom. The molecule has 3 aromatic rings. The first-order valence-electron chi connectivity index (χ1n) is 9.81. The fourth-order valence-corrected chi connectivity index (χ4v) is 3.57. The summed E-state index contributed by atoms with van der Waals surface area (Å²) in [6.45, 7) is 4.99. The highest BCUT2D eigenvalue weighted by atomic mass is 16.3. The average Bonchev–Trinajstić information content (AvgIpc) is 3.37. The second-order valence-corrected chi connectivity index (χ2v) is 7.35. The summed E-state index contributed by atoms with van der Waals surface area (Å²) >= 11 is 0. The second-order valence-electron chi connectivity index (χ2n) is 7.35. The molecule has 0 saturated heterocycles. The lowest BCUT2D eigenvalue weighted by molar-refractivity contribution is 0.0932. The maximum Gasteiger partial charge on any atom is 0.287 e. The molecule has 2 amide bonds. The van der Waals surface area contributed by atoms with Crippen molar-refractivity contribution in [2.75, 3.05) is 5.32 Å². The summed E-state index contributed by atoms with van der Waals surface area (Å²) in [5.74, 6) is 0.340. The van der Waals surface area contributed by atoms with Crippen LogP contribution in [-0.4, -0.2) is 21.4 Å². The predicted molar refractivity (Wildman–Crippen MR) is 109 cm³/mol. The van der Waals surface area contributed by atoms with Crippen LogP contribution in [0.25, 0.3) is 0 Å². The number of anilines is 1. The van der Waals surface area contributed by atoms with E-state index < -0.39 is 0 Å². The van der Waals surface area contributed by atoms with E-state index in [1.807, 2.05) is 36.6 Å². The molecule has 2 aromatic heterocycles. The van der Waals surface area contributed by atoms with E-state index in [1.54, 1.807) is 18.4 Å². The standard InChI is InChI=1S/C22H24N4O3/c1-14-8-9-16(12-15(14)2)24-21(27)19-18-7-3-4-10-26(18)20(25-19)22(28)23-13-17-6-5-11-29-17/h5-6,8-9,11-12H,3-4,7,10,13H2,1-2H3,(H,23,28)(H,24,27). The van der Waals surface area contributed by atoms with Gasteiger partial charge < -0.3 is 19.6 Å². The Morgan fingerprint density at radius 1 is 1.14 bits per heavy atom. The summed E-state index contributed by atoms with van der Waals surface area (Å²) in [5.41, 5.74) is 4.14. The van der Waals surface area contributed by atoms with Crippen molar-refractivity contribution in [3.63, 3.8) is 0 Å². The Balaban J connectivity index is 1.57. The van der Waals surface area contributed by atoms with Gasteiger partial charge in [-0.3, -0.25) is 9.59 Å². The van der Waals surface area contributed by atoms with Crippen LogP contribution in [0.2, 0.25) is 0 Å². The Morgan fingerprint density at radius 3 is 2.76 bits per heavy atom. The van der Waals surface area contributed by atoms with Gasteiger partial charge in [0.05, 0.1) is 18.5 Å². The van der Waals surface area contributed by atoms with Gasteiger partial charge in [0.1, 0.15) is 5.76 Å². The number of aromatic nitrogens is 2. The van der Waals surface area contributed by atoms with Crippen LogP contribution in [0.15, 0.2) is 41.0 Å². The molecule has 7 nitrogen and oxygen atoms in total. The molecule has 4 rings (SSSR count). The molecule has 29 heavy (non-hydrogen) atoms. The lowest BCUT2D eigenvalue weighted by atomic mass is 10.1. The van der Waals surface area contributed by atoms with Crippen LogP contribution in [0.1, 0.15) is 56.5 Å². The van der Waals surface area contributed by atoms with Crippen molar-refractivity contribution in [1.82, 2.24) is 14.9 Å². The van der Waals surface area contributed by atoms with Gasteiger partial charge in [0.15, 0.2) is 11.5 Å². The van der Waals surface area contributed by atoms with E-state index in [4.69, 9.17) is 4.42 Å². The molecule has 0 bridgehead atoms. The molecule has 150 valence electrons. The summed E-state index contributed by atoms with van der Waals surface area (Å²) in [4.78, 5) is 30.1. The number of hydrogen-bond donors (Lipinski definition) is 2. The van der Waals surface area contributed by atoms with E-state index in [1.165, 1.54) is 0 Å². The summed E-state index contributed by atoms with van der Waals surface area (Å²) < 4.78 is 7.13. The number of nitrogens with one attached hydrogen (secondary N) is 2. The van der Waals surface area contributed by atoms with Gasteiger partial charge >= 0.3 is 0 Å². The third-order valence-corrected chi connectivity index (χ3v) is 5.30. The molecule has 1 aliphatic heterocycles. The molecule has 1 aliphatic rings. The van der Waals surface area contributed by atoms with Crippen molar-refractivity contribution in [1.29, 1.82) is 0 Å². The van der Waals surface area contributed by atoms with Gasteiger partial charge in [-0.2, -0.15) is 0 Å². The smallest absolute Gasteiger partial charge is 0.287 e. The fourth-order valence-electron chi connectivity index (χ4n) is 3.57. The van der Waals surface area contributed by atoms with Crippen LogP contribution >= 0.6 is 0 Å². The van der Waals surface area contributed by atoms with Gasteiger partial charge in [0, 0.05) is 12.2 Å². The highest BCUT2D eigenvalue weighted by Gasteiger charge is 2.27. The average molecular weight is 392 g/mol. The van der Waals surface area contributed by atoms with Crippen LogP contribution in [-0.2, 0) is 19.5 Å². The Hall–Kier alpha value is -3.35. The van der Waals surface area contributed by atoms with Gasteiger partial charge in [-0.15, -0.1) is 0 Å². The number of aryl methyl sites for hydroxylation is 2. The molecule has 0 fully saturated rings. The van der Waals surface area contributed by atoms with Crippen molar-refractivity contribution >= 4 is 17.5 Å². The highest BCUT2D eigenvalue weighted by molar-refractivity contribution is 6.05. The number of carbonyl (C=O) groups excluding carboxylic acids is 2. The van der Waals surface area contributed by atoms with E-state index in [2.05, 4.69) is 15.6 Å². The first-order valence-corrected chi connectivity index (χ1v) is 9.81. The number of nitrogens with zero attached hydrogens (tertiary/aromatic N) is 2. The lowest BCUT2D eigenvalue weighted by Gasteiger charge is -2.17. The molecule has 7 heteroatoms. The van der Waals surface area contributed by atoms with Gasteiger partial charge in [-0.1, -0.05) is 6.07 Å². The number of amides is 2. The number of rotatable bonds is 5. The third kappa shape index (κ3) is 3.94. The predicted octanol–water partition coefficient (Wildman–Crippen LogP) is 3.61. The van der Waals surface area contributed by atoms with Gasteiger partial charge in [0.2, 0.25) is 0 Å². The number of carbonyl (C=O) groups is 2. The number of fused-ring (bicyclic) bond motifs is 1. The molecular formula is C22H24N4O3. The lowest BCUT2D eigenvalue weighted by Crippen LogP contribution is -2.27. The van der Waals surface area contributed by atoms with E-state index in [0.29, 0.717) is 18.0 Å². The molecule has 3 heterocycles. The Bertz CT molecular complexity index is 1050. The molecule has 0 radical (unpaired) electrons. The largest absolute Gasteiger partial charge is 0.467 e. The van der Waals surface area contributed by atoms with E-state index in [0.717, 1.165) is 41.8 Å². The minimum Gasteiger partial charge on any atom is -0.467 e. The van der Waals surface area contributed by atoms with E-state index in [9.17, 15) is 9.59 Å². The Labute approximate surface area is 169 Å². The number of imidazole rings is 1. The molecule has 0 unspecified atom stereocenters. The zero-order valence-corrected chi connectivity index (χ0v) is 16.6. The van der Waals surface area contributed by atoms with Gasteiger partial charge in [-0.05, 0) is 68.5 Å². The minimum atomic E-state index is -0.310. The maximum atomic E-state index is 12.9. The minimum absolute atomic E-state index is 0.275. The van der Waals surface area contributed by atoms with Crippen LogP contribution in [0.5, 0.6) is 0 Å². The number of furan rings is 1. The highest BCUT2D eigenvalue weighted by Crippen LogP contribution is 2.23. The molecule has 0 aliphatic carbocycles. The van der Waals surface area contributed by atoms with Crippen LogP contribution < -0.4 is 10.6 Å². The summed E-state index contributed by atoms with van der Waals surface area (Å²) in [5, 5.41) is 5.74. The van der Waals surface area contributed by atoms with Crippen molar-refractivity contribution in [3.8, 4) is 0 Å². The first kappa shape index (κ1) is 19.0. The maximum absolute atomic E-state index is 12.9. The Kier molecular flexibility index (Phi) is 5.20. The van der Waals surface area contributed by atoms with Crippen molar-refractivity contribution in [2.24, 2.45) is 0 Å². The zero-order valence-electron chi connectivity index (χ0n) is 16.6. The first-order chi connectivity index (χ1) is 14.0. The summed E-state index contributed by atoms with van der Waals surface area (Å²) in [6.07, 6.45) is 4.23. The monoisotopic (exact) mass is 392 g/mol. The van der Waals surface area contributed by atoms with Crippen molar-refractivity contribution < 1.29 is 14.0 Å². The quantitative estimate of drug-likeness (QED) is 0.694. The molecule has 0 saturated carbocycles. The van der Waals surface area contributed by atoms with Crippen LogP contribution in [0.4, 0.5) is 5.69 Å². The molecular weight excluding hydrogens is 368 g/mol. The molecule has 0 atom stereocenters. The normalized spacial score (nSPS) is 13.0. The number of benzene rings is 1. The fraction of sp³-hybridized carbons (Fsp3) is 0.318. The third-order valence-electron chi connectivity index (χ3n) is 5.30. The SMILES string of the molecule is Cc1ccc(NC(=O)c2nc(C(=O)NCc3ccco3)n3c2CCCC3)cc1C. The van der Waals surface area contributed by atoms with Crippen LogP contribution in [0, 0.1) is 13.8 Å². The van der Waals surface area contributed by atoms with Crippen molar-refractivity contribution in [3.05, 3.63) is 70.7 Å². The van der Waals surface area contributed by atoms with Gasteiger partial charge in [-0.25, -0.2) is 4.98 Å². The van der Waals surface area contributed by atoms with Crippen molar-refractivity contribution in [2.45, 2.75) is 46.2 Å². The molecule has 0 spiro atoms. The summed E-state index contributed by atoms with van der Waals surface area (Å²) in [6, 6.07) is 9.35. The van der Waals surface area contributed by atoms with Gasteiger partial charge in [0.25, 0.3) is 11.8 Å². The summed E-state index contributed by atoms with van der Waals surface area (Å²) in [7, 11) is 0. The molecule has 1 aromatic carbocycles. The second kappa shape index (κ2) is 7.95.